The van der Waals surface area contributed by atoms with Gasteiger partial charge in [-0.1, -0.05) is 0 Å². The van der Waals surface area contributed by atoms with Gasteiger partial charge in [0, 0.05) is 46.3 Å². The van der Waals surface area contributed by atoms with E-state index in [0.29, 0.717) is 12.5 Å². The Kier molecular flexibility index (Phi) is 7.97. The van der Waals surface area contributed by atoms with Gasteiger partial charge in [0.1, 0.15) is 12.2 Å². The predicted octanol–water partition coefficient (Wildman–Crippen LogP) is 0.656. The zero-order valence-electron chi connectivity index (χ0n) is 15.1. The van der Waals surface area contributed by atoms with E-state index in [1.54, 1.807) is 11.0 Å². The summed E-state index contributed by atoms with van der Waals surface area (Å²) in [6, 6.07) is 0. The van der Waals surface area contributed by atoms with E-state index < -0.39 is 0 Å². The van der Waals surface area contributed by atoms with E-state index in [2.05, 4.69) is 32.2 Å². The number of aryl methyl sites for hydroxylation is 1. The Morgan fingerprint density at radius 2 is 2.46 bits per heavy atom. The lowest BCUT2D eigenvalue weighted by atomic mass is 10.1. The van der Waals surface area contributed by atoms with Gasteiger partial charge in [-0.3, -0.25) is 9.67 Å². The molecule has 1 aromatic heterocycles. The predicted molar refractivity (Wildman–Crippen MR) is 92.8 cm³/mol. The van der Waals surface area contributed by atoms with Crippen LogP contribution in [0.3, 0.4) is 0 Å². The first-order chi connectivity index (χ1) is 11.7. The van der Waals surface area contributed by atoms with Crippen molar-refractivity contribution in [3.63, 3.8) is 0 Å². The van der Waals surface area contributed by atoms with Crippen molar-refractivity contribution in [2.45, 2.75) is 26.3 Å². The summed E-state index contributed by atoms with van der Waals surface area (Å²) in [7, 11) is 3.90. The second-order valence-electron chi connectivity index (χ2n) is 6.05. The molecule has 136 valence electrons. The van der Waals surface area contributed by atoms with Crippen LogP contribution in [0.15, 0.2) is 11.3 Å². The minimum Gasteiger partial charge on any atom is -0.381 e. The van der Waals surface area contributed by atoms with Crippen molar-refractivity contribution in [1.82, 2.24) is 25.0 Å². The van der Waals surface area contributed by atoms with E-state index in [1.165, 1.54) is 0 Å². The smallest absolute Gasteiger partial charge is 0.194 e. The van der Waals surface area contributed by atoms with Gasteiger partial charge in [-0.25, -0.2) is 4.98 Å². The Labute approximate surface area is 144 Å². The van der Waals surface area contributed by atoms with E-state index in [0.717, 1.165) is 64.1 Å². The Hall–Kier alpha value is -1.67. The lowest BCUT2D eigenvalue weighted by Gasteiger charge is -2.21. The standard InChI is InChI=1S/C16H30N6O2/c1-4-17-16(21(2)10-15-19-13-20-22(15)3)18-7-5-8-23-11-14-6-9-24-12-14/h13-14H,4-12H2,1-3H3,(H,17,18). The average molecular weight is 338 g/mol. The molecule has 0 aromatic carbocycles. The zero-order valence-corrected chi connectivity index (χ0v) is 15.1. The van der Waals surface area contributed by atoms with Crippen LogP contribution in [-0.4, -0.2) is 72.2 Å². The molecular formula is C16H30N6O2. The third-order valence-electron chi connectivity index (χ3n) is 3.97. The van der Waals surface area contributed by atoms with Crippen molar-refractivity contribution >= 4 is 5.96 Å². The maximum absolute atomic E-state index is 5.72. The first kappa shape index (κ1) is 18.7. The highest BCUT2D eigenvalue weighted by molar-refractivity contribution is 5.79. The normalized spacial score (nSPS) is 18.1. The first-order valence-corrected chi connectivity index (χ1v) is 8.68. The fourth-order valence-electron chi connectivity index (χ4n) is 2.54. The van der Waals surface area contributed by atoms with Crippen molar-refractivity contribution in [1.29, 1.82) is 0 Å². The minimum atomic E-state index is 0.573. The average Bonchev–Trinajstić information content (AvgIpc) is 3.22. The fraction of sp³-hybridized carbons (Fsp3) is 0.812. The van der Waals surface area contributed by atoms with Crippen LogP contribution < -0.4 is 5.32 Å². The molecule has 0 radical (unpaired) electrons. The Balaban J connectivity index is 1.70. The van der Waals surface area contributed by atoms with E-state index in [4.69, 9.17) is 9.47 Å². The van der Waals surface area contributed by atoms with E-state index in [9.17, 15) is 0 Å². The second-order valence-corrected chi connectivity index (χ2v) is 6.05. The molecule has 8 heteroatoms. The molecule has 8 nitrogen and oxygen atoms in total. The molecule has 0 spiro atoms. The summed E-state index contributed by atoms with van der Waals surface area (Å²) in [5, 5.41) is 7.41. The van der Waals surface area contributed by atoms with Crippen LogP contribution in [0.25, 0.3) is 0 Å². The summed E-state index contributed by atoms with van der Waals surface area (Å²) in [5.41, 5.74) is 0. The summed E-state index contributed by atoms with van der Waals surface area (Å²) in [4.78, 5) is 11.0. The molecule has 2 heterocycles. The third-order valence-corrected chi connectivity index (χ3v) is 3.97. The number of hydrogen-bond donors (Lipinski definition) is 1. The van der Waals surface area contributed by atoms with Gasteiger partial charge in [0.15, 0.2) is 5.96 Å². The first-order valence-electron chi connectivity index (χ1n) is 8.68. The Bertz CT molecular complexity index is 499. The molecule has 1 unspecified atom stereocenters. The molecule has 0 amide bonds. The summed E-state index contributed by atoms with van der Waals surface area (Å²) in [6.45, 7) is 7.58. The van der Waals surface area contributed by atoms with Crippen molar-refractivity contribution in [3.05, 3.63) is 12.2 Å². The number of rotatable bonds is 9. The van der Waals surface area contributed by atoms with Gasteiger partial charge in [-0.2, -0.15) is 5.10 Å². The van der Waals surface area contributed by atoms with Crippen LogP contribution in [0, 0.1) is 5.92 Å². The topological polar surface area (TPSA) is 76.8 Å². The number of aromatic nitrogens is 3. The van der Waals surface area contributed by atoms with Crippen LogP contribution in [-0.2, 0) is 23.1 Å². The molecule has 0 aliphatic carbocycles. The summed E-state index contributed by atoms with van der Waals surface area (Å²) >= 11 is 0. The highest BCUT2D eigenvalue weighted by Crippen LogP contribution is 2.12. The molecule has 1 aliphatic rings. The van der Waals surface area contributed by atoms with Crippen molar-refractivity contribution in [2.75, 3.05) is 46.6 Å². The number of guanidine groups is 1. The van der Waals surface area contributed by atoms with E-state index in [1.807, 2.05) is 14.1 Å². The number of aliphatic imine (C=N–C) groups is 1. The van der Waals surface area contributed by atoms with Crippen LogP contribution in [0.1, 0.15) is 25.6 Å². The number of ether oxygens (including phenoxy) is 2. The van der Waals surface area contributed by atoms with Gasteiger partial charge < -0.3 is 19.7 Å². The van der Waals surface area contributed by atoms with Gasteiger partial charge >= 0.3 is 0 Å². The molecule has 1 saturated heterocycles. The van der Waals surface area contributed by atoms with Crippen LogP contribution in [0.4, 0.5) is 0 Å². The highest BCUT2D eigenvalue weighted by atomic mass is 16.5. The van der Waals surface area contributed by atoms with Crippen molar-refractivity contribution in [3.8, 4) is 0 Å². The van der Waals surface area contributed by atoms with Gasteiger partial charge in [0.2, 0.25) is 0 Å². The lowest BCUT2D eigenvalue weighted by molar-refractivity contribution is 0.0893. The summed E-state index contributed by atoms with van der Waals surface area (Å²) in [6.07, 6.45) is 3.61. The SMILES string of the molecule is CCNC(=NCCCOCC1CCOC1)N(C)Cc1ncnn1C. The van der Waals surface area contributed by atoms with Gasteiger partial charge in [0.25, 0.3) is 0 Å². The van der Waals surface area contributed by atoms with Crippen LogP contribution in [0.2, 0.25) is 0 Å². The molecule has 0 bridgehead atoms. The summed E-state index contributed by atoms with van der Waals surface area (Å²) < 4.78 is 12.8. The monoisotopic (exact) mass is 338 g/mol. The second kappa shape index (κ2) is 10.2. The molecule has 1 atom stereocenters. The van der Waals surface area contributed by atoms with Crippen molar-refractivity contribution in [2.24, 2.45) is 18.0 Å². The highest BCUT2D eigenvalue weighted by Gasteiger charge is 2.15. The maximum Gasteiger partial charge on any atom is 0.194 e. The minimum absolute atomic E-state index is 0.573. The Morgan fingerprint density at radius 3 is 3.12 bits per heavy atom. The largest absolute Gasteiger partial charge is 0.381 e. The zero-order chi connectivity index (χ0) is 17.2. The van der Waals surface area contributed by atoms with E-state index >= 15 is 0 Å². The molecule has 1 fully saturated rings. The van der Waals surface area contributed by atoms with Crippen molar-refractivity contribution < 1.29 is 9.47 Å². The number of nitrogens with zero attached hydrogens (tertiary/aromatic N) is 5. The molecule has 0 saturated carbocycles. The third kappa shape index (κ3) is 6.09. The van der Waals surface area contributed by atoms with Crippen LogP contribution in [0.5, 0.6) is 0 Å². The van der Waals surface area contributed by atoms with Gasteiger partial charge in [-0.05, 0) is 19.8 Å². The number of nitrogens with one attached hydrogen (secondary N) is 1. The van der Waals surface area contributed by atoms with Gasteiger partial charge in [0.05, 0.1) is 19.8 Å². The van der Waals surface area contributed by atoms with Gasteiger partial charge in [-0.15, -0.1) is 0 Å². The molecule has 24 heavy (non-hydrogen) atoms. The molecule has 1 aliphatic heterocycles. The maximum atomic E-state index is 5.72. The quantitative estimate of drug-likeness (QED) is 0.405. The lowest BCUT2D eigenvalue weighted by Crippen LogP contribution is -2.39. The fourth-order valence-corrected chi connectivity index (χ4v) is 2.54. The van der Waals surface area contributed by atoms with E-state index in [-0.39, 0.29) is 0 Å². The number of hydrogen-bond acceptors (Lipinski definition) is 5. The molecular weight excluding hydrogens is 308 g/mol. The summed E-state index contributed by atoms with van der Waals surface area (Å²) in [5.74, 6) is 2.36. The molecule has 1 N–H and O–H groups in total. The van der Waals surface area contributed by atoms with Crippen LogP contribution >= 0.6 is 0 Å². The Morgan fingerprint density at radius 1 is 1.58 bits per heavy atom. The molecule has 2 rings (SSSR count). The molecule has 1 aromatic rings.